The first-order chi connectivity index (χ1) is 21.4. The maximum absolute atomic E-state index is 13.7. The van der Waals surface area contributed by atoms with Gasteiger partial charge in [-0.2, -0.15) is 0 Å². The Morgan fingerprint density at radius 2 is 1.50 bits per heavy atom. The second-order valence-electron chi connectivity index (χ2n) is 12.8. The van der Waals surface area contributed by atoms with Gasteiger partial charge in [0.15, 0.2) is 0 Å². The summed E-state index contributed by atoms with van der Waals surface area (Å²) >= 11 is 0. The molecule has 0 saturated heterocycles. The molecule has 1 saturated carbocycles. The van der Waals surface area contributed by atoms with E-state index in [9.17, 15) is 9.59 Å². The van der Waals surface area contributed by atoms with Crippen molar-refractivity contribution in [3.05, 3.63) is 77.9 Å². The average molecular weight is 600 g/mol. The third-order valence-electron chi connectivity index (χ3n) is 9.48. The van der Waals surface area contributed by atoms with Gasteiger partial charge in [0.1, 0.15) is 11.9 Å². The van der Waals surface area contributed by atoms with Crippen molar-refractivity contribution in [3.63, 3.8) is 0 Å². The highest BCUT2D eigenvalue weighted by Crippen LogP contribution is 2.35. The molecule has 1 fully saturated rings. The normalized spacial score (nSPS) is 18.0. The van der Waals surface area contributed by atoms with Gasteiger partial charge in [-0.3, -0.25) is 4.79 Å². The van der Waals surface area contributed by atoms with Gasteiger partial charge in [0.25, 0.3) is 0 Å². The van der Waals surface area contributed by atoms with Gasteiger partial charge < -0.3 is 14.4 Å². The van der Waals surface area contributed by atoms with E-state index in [4.69, 9.17) is 9.47 Å². The molecule has 0 spiro atoms. The molecule has 1 aliphatic carbocycles. The van der Waals surface area contributed by atoms with Crippen molar-refractivity contribution in [3.8, 4) is 5.75 Å². The van der Waals surface area contributed by atoms with Crippen molar-refractivity contribution in [2.24, 2.45) is 11.8 Å². The number of nitrogens with zero attached hydrogens (tertiary/aromatic N) is 1. The van der Waals surface area contributed by atoms with Gasteiger partial charge in [0.2, 0.25) is 5.91 Å². The molecule has 0 N–H and O–H groups in total. The van der Waals surface area contributed by atoms with E-state index >= 15 is 0 Å². The maximum Gasteiger partial charge on any atom is 0.338 e. The average Bonchev–Trinajstić information content (AvgIpc) is 3.06. The number of likely N-dealkylation sites (N-methyl/N-ethyl adjacent to an activating group) is 1. The van der Waals surface area contributed by atoms with Gasteiger partial charge >= 0.3 is 5.97 Å². The molecule has 44 heavy (non-hydrogen) atoms. The molecule has 3 aromatic carbocycles. The van der Waals surface area contributed by atoms with E-state index in [0.29, 0.717) is 12.2 Å². The maximum atomic E-state index is 13.7. The van der Waals surface area contributed by atoms with Crippen LogP contribution in [-0.2, 0) is 9.53 Å². The summed E-state index contributed by atoms with van der Waals surface area (Å²) in [6.45, 7) is 7.16. The molecule has 5 heteroatoms. The van der Waals surface area contributed by atoms with Crippen molar-refractivity contribution in [1.82, 2.24) is 4.90 Å². The van der Waals surface area contributed by atoms with Crippen LogP contribution in [-0.4, -0.2) is 36.5 Å². The van der Waals surface area contributed by atoms with Crippen molar-refractivity contribution in [2.45, 2.75) is 110 Å². The second-order valence-corrected chi connectivity index (χ2v) is 12.8. The van der Waals surface area contributed by atoms with E-state index in [1.54, 1.807) is 0 Å². The van der Waals surface area contributed by atoms with E-state index in [1.165, 1.54) is 44.9 Å². The van der Waals surface area contributed by atoms with Gasteiger partial charge in [-0.05, 0) is 85.5 Å². The number of benzene rings is 3. The highest BCUT2D eigenvalue weighted by Gasteiger charge is 2.34. The van der Waals surface area contributed by atoms with Gasteiger partial charge in [-0.1, -0.05) is 101 Å². The van der Waals surface area contributed by atoms with Crippen molar-refractivity contribution in [1.29, 1.82) is 0 Å². The largest absolute Gasteiger partial charge is 0.494 e. The summed E-state index contributed by atoms with van der Waals surface area (Å²) in [5.41, 5.74) is 1.38. The highest BCUT2D eigenvalue weighted by molar-refractivity contribution is 5.96. The first kappa shape index (κ1) is 33.6. The minimum Gasteiger partial charge on any atom is -0.494 e. The molecule has 4 rings (SSSR count). The third kappa shape index (κ3) is 9.33. The number of hydrogen-bond acceptors (Lipinski definition) is 4. The number of ether oxygens (including phenoxy) is 2. The first-order valence-corrected chi connectivity index (χ1v) is 17.1. The number of amides is 1. The predicted octanol–water partition coefficient (Wildman–Crippen LogP) is 9.93. The lowest BCUT2D eigenvalue weighted by Gasteiger charge is -2.36. The van der Waals surface area contributed by atoms with Crippen LogP contribution >= 0.6 is 0 Å². The fourth-order valence-corrected chi connectivity index (χ4v) is 6.50. The Morgan fingerprint density at radius 3 is 2.23 bits per heavy atom. The number of carbonyl (C=O) groups excluding carboxylic acids is 2. The van der Waals surface area contributed by atoms with Crippen LogP contribution in [0.2, 0.25) is 0 Å². The number of unbranched alkanes of at least 4 members (excludes halogenated alkanes) is 5. The van der Waals surface area contributed by atoms with E-state index in [0.717, 1.165) is 60.1 Å². The molecule has 0 aliphatic heterocycles. The first-order valence-electron chi connectivity index (χ1n) is 17.1. The predicted molar refractivity (Wildman–Crippen MR) is 180 cm³/mol. The van der Waals surface area contributed by atoms with Crippen LogP contribution in [0.3, 0.4) is 0 Å². The lowest BCUT2D eigenvalue weighted by atomic mass is 9.79. The number of fused-ring (bicyclic) bond motifs is 1. The van der Waals surface area contributed by atoms with Crippen molar-refractivity contribution >= 4 is 22.6 Å². The smallest absolute Gasteiger partial charge is 0.338 e. The zero-order valence-electron chi connectivity index (χ0n) is 27.4. The summed E-state index contributed by atoms with van der Waals surface area (Å²) < 4.78 is 12.2. The van der Waals surface area contributed by atoms with Crippen molar-refractivity contribution in [2.75, 3.05) is 13.7 Å². The Kier molecular flexibility index (Phi) is 13.1. The molecule has 3 aromatic rings. The molecule has 1 aliphatic rings. The van der Waals surface area contributed by atoms with Crippen LogP contribution in [0, 0.1) is 11.8 Å². The van der Waals surface area contributed by atoms with Crippen molar-refractivity contribution < 1.29 is 19.1 Å². The standard InChI is InChI=1S/C39H53NO4/c1-5-7-9-14-26-43-36-25-24-33-27-35(23-22-34(33)28-36)39(42)44-37(31-16-12-10-13-17-31)29(3)40(4)38(41)32-20-18-30(19-21-32)15-11-8-6-2/h10,12-13,16-17,22-25,27-30,32,37H,5-9,11,14-15,18-21,26H2,1-4H3/t29-,30?,32?,37+/m1/s1. The third-order valence-corrected chi connectivity index (χ3v) is 9.48. The highest BCUT2D eigenvalue weighted by atomic mass is 16.5. The quantitative estimate of drug-likeness (QED) is 0.121. The van der Waals surface area contributed by atoms with Gasteiger partial charge in [0, 0.05) is 13.0 Å². The van der Waals surface area contributed by atoms with E-state index in [1.807, 2.05) is 85.6 Å². The zero-order valence-corrected chi connectivity index (χ0v) is 27.4. The molecule has 0 heterocycles. The number of hydrogen-bond donors (Lipinski definition) is 0. The lowest BCUT2D eigenvalue weighted by molar-refractivity contribution is -0.139. The minimum atomic E-state index is -0.581. The summed E-state index contributed by atoms with van der Waals surface area (Å²) in [6.07, 6.45) is 13.4. The monoisotopic (exact) mass is 599 g/mol. The molecular formula is C39H53NO4. The Labute approximate surface area is 265 Å². The Bertz CT molecular complexity index is 1310. The van der Waals surface area contributed by atoms with Crippen LogP contribution in [0.5, 0.6) is 5.75 Å². The summed E-state index contributed by atoms with van der Waals surface area (Å²) in [5, 5.41) is 1.98. The zero-order chi connectivity index (χ0) is 31.3. The van der Waals surface area contributed by atoms with E-state index in [-0.39, 0.29) is 17.9 Å². The van der Waals surface area contributed by atoms with E-state index < -0.39 is 12.1 Å². The van der Waals surface area contributed by atoms with Gasteiger partial charge in [0.05, 0.1) is 18.2 Å². The van der Waals surface area contributed by atoms with Crippen LogP contribution < -0.4 is 4.74 Å². The van der Waals surface area contributed by atoms with Crippen LogP contribution in [0.1, 0.15) is 120 Å². The Balaban J connectivity index is 1.41. The summed E-state index contributed by atoms with van der Waals surface area (Å²) in [7, 11) is 1.86. The molecule has 1 amide bonds. The molecular weight excluding hydrogens is 546 g/mol. The summed E-state index contributed by atoms with van der Waals surface area (Å²) in [5.74, 6) is 1.42. The molecule has 5 nitrogen and oxygen atoms in total. The fraction of sp³-hybridized carbons (Fsp3) is 0.538. The van der Waals surface area contributed by atoms with Gasteiger partial charge in [-0.15, -0.1) is 0 Å². The molecule has 0 aromatic heterocycles. The molecule has 0 unspecified atom stereocenters. The van der Waals surface area contributed by atoms with Gasteiger partial charge in [-0.25, -0.2) is 4.79 Å². The molecule has 0 bridgehead atoms. The second kappa shape index (κ2) is 17.2. The molecule has 2 atom stereocenters. The topological polar surface area (TPSA) is 55.8 Å². The Morgan fingerprint density at radius 1 is 0.818 bits per heavy atom. The number of carbonyl (C=O) groups is 2. The lowest BCUT2D eigenvalue weighted by Crippen LogP contribution is -2.44. The summed E-state index contributed by atoms with van der Waals surface area (Å²) in [6, 6.07) is 21.1. The summed E-state index contributed by atoms with van der Waals surface area (Å²) in [4.78, 5) is 29.0. The van der Waals surface area contributed by atoms with Crippen LogP contribution in [0.25, 0.3) is 10.8 Å². The minimum absolute atomic E-state index is 0.0442. The SMILES string of the molecule is CCCCCCOc1ccc2cc(C(=O)O[C@H](c3ccccc3)[C@@H](C)N(C)C(=O)C3CCC(CCCCC)CC3)ccc2c1. The Hall–Kier alpha value is -3.34. The van der Waals surface area contributed by atoms with E-state index in [2.05, 4.69) is 13.8 Å². The van der Waals surface area contributed by atoms with Crippen LogP contribution in [0.4, 0.5) is 0 Å². The number of rotatable bonds is 16. The number of esters is 1. The fourth-order valence-electron chi connectivity index (χ4n) is 6.50. The molecule has 238 valence electrons. The molecule has 0 radical (unpaired) electrons. The van der Waals surface area contributed by atoms with Crippen LogP contribution in [0.15, 0.2) is 66.7 Å².